The molecule has 0 bridgehead atoms. The number of nitrogens with zero attached hydrogens (tertiary/aromatic N) is 1. The lowest BCUT2D eigenvalue weighted by Crippen LogP contribution is -2.31. The van der Waals surface area contributed by atoms with Crippen LogP contribution in [0.2, 0.25) is 5.02 Å². The molecular weight excluding hydrogens is 204 g/mol. The number of hydrogen-bond donors (Lipinski definition) is 1. The molecule has 4 nitrogen and oxygen atoms in total. The van der Waals surface area contributed by atoms with E-state index in [1.54, 1.807) is 6.92 Å². The second-order valence-electron chi connectivity index (χ2n) is 3.04. The Bertz CT molecular complexity index is 365. The number of aromatic nitrogens is 1. The van der Waals surface area contributed by atoms with Gasteiger partial charge in [-0.15, -0.1) is 0 Å². The van der Waals surface area contributed by atoms with Crippen LogP contribution in [-0.2, 0) is 4.79 Å². The summed E-state index contributed by atoms with van der Waals surface area (Å²) in [6, 6.07) is 1.51. The van der Waals surface area contributed by atoms with Crippen LogP contribution in [0.25, 0.3) is 0 Å². The van der Waals surface area contributed by atoms with Gasteiger partial charge in [0.2, 0.25) is 5.91 Å². The van der Waals surface area contributed by atoms with Crippen molar-refractivity contribution in [2.75, 3.05) is 7.05 Å². The average Bonchev–Trinajstić information content (AvgIpc) is 2.44. The second-order valence-corrected chi connectivity index (χ2v) is 3.45. The lowest BCUT2D eigenvalue weighted by Gasteiger charge is -2.10. The summed E-state index contributed by atoms with van der Waals surface area (Å²) < 4.78 is 0. The summed E-state index contributed by atoms with van der Waals surface area (Å²) in [5, 5.41) is 0.491. The zero-order valence-corrected chi connectivity index (χ0v) is 8.97. The van der Waals surface area contributed by atoms with Crippen molar-refractivity contribution in [2.45, 2.75) is 13.8 Å². The van der Waals surface area contributed by atoms with Crippen molar-refractivity contribution >= 4 is 23.4 Å². The van der Waals surface area contributed by atoms with E-state index in [1.165, 1.54) is 20.0 Å². The van der Waals surface area contributed by atoms with Crippen molar-refractivity contribution in [2.24, 2.45) is 0 Å². The molecule has 2 amide bonds. The molecule has 1 heterocycles. The van der Waals surface area contributed by atoms with Crippen LogP contribution in [0.1, 0.15) is 23.1 Å². The molecule has 0 unspecified atom stereocenters. The van der Waals surface area contributed by atoms with Gasteiger partial charge in [-0.25, -0.2) is 0 Å². The fourth-order valence-corrected chi connectivity index (χ4v) is 1.13. The number of aryl methyl sites for hydroxylation is 1. The van der Waals surface area contributed by atoms with Gasteiger partial charge in [-0.3, -0.25) is 14.5 Å². The first-order valence-electron chi connectivity index (χ1n) is 4.07. The molecule has 0 aliphatic carbocycles. The summed E-state index contributed by atoms with van der Waals surface area (Å²) in [6.45, 7) is 3.09. The lowest BCUT2D eigenvalue weighted by molar-refractivity contribution is -0.125. The predicted octanol–water partition coefficient (Wildman–Crippen LogP) is 1.60. The van der Waals surface area contributed by atoms with E-state index < -0.39 is 0 Å². The van der Waals surface area contributed by atoms with Crippen LogP contribution in [-0.4, -0.2) is 28.7 Å². The molecule has 0 fully saturated rings. The second kappa shape index (κ2) is 3.84. The van der Waals surface area contributed by atoms with E-state index in [2.05, 4.69) is 4.98 Å². The van der Waals surface area contributed by atoms with E-state index in [-0.39, 0.29) is 11.8 Å². The molecule has 0 aromatic carbocycles. The van der Waals surface area contributed by atoms with Gasteiger partial charge in [0.25, 0.3) is 5.91 Å². The first kappa shape index (κ1) is 10.8. The number of hydrogen-bond acceptors (Lipinski definition) is 2. The fourth-order valence-electron chi connectivity index (χ4n) is 0.972. The van der Waals surface area contributed by atoms with Crippen LogP contribution in [0.4, 0.5) is 0 Å². The Morgan fingerprint density at radius 2 is 2.07 bits per heavy atom. The Morgan fingerprint density at radius 1 is 1.50 bits per heavy atom. The maximum atomic E-state index is 11.6. The third-order valence-electron chi connectivity index (χ3n) is 1.96. The largest absolute Gasteiger partial charge is 0.353 e. The molecule has 0 aliphatic rings. The van der Waals surface area contributed by atoms with Crippen LogP contribution < -0.4 is 0 Å². The SMILES string of the molecule is CC(=O)N(C)C(=O)c1cc(Cl)c(C)[nH]1. The summed E-state index contributed by atoms with van der Waals surface area (Å²) in [5.41, 5.74) is 1.04. The highest BCUT2D eigenvalue weighted by molar-refractivity contribution is 6.31. The topological polar surface area (TPSA) is 53.2 Å². The van der Waals surface area contributed by atoms with Crippen LogP contribution in [0.15, 0.2) is 6.07 Å². The number of imide groups is 1. The number of H-pyrrole nitrogens is 1. The minimum absolute atomic E-state index is 0.307. The van der Waals surface area contributed by atoms with Gasteiger partial charge in [0, 0.05) is 19.7 Å². The minimum Gasteiger partial charge on any atom is -0.353 e. The number of amides is 2. The molecular formula is C9H11ClN2O2. The normalized spacial score (nSPS) is 10.0. The van der Waals surface area contributed by atoms with E-state index in [4.69, 9.17) is 11.6 Å². The molecule has 1 aromatic heterocycles. The number of carbonyl (C=O) groups is 2. The van der Waals surface area contributed by atoms with E-state index in [9.17, 15) is 9.59 Å². The molecule has 76 valence electrons. The third kappa shape index (κ3) is 1.96. The molecule has 0 atom stereocenters. The Balaban J connectivity index is 2.95. The number of carbonyl (C=O) groups excluding carboxylic acids is 2. The van der Waals surface area contributed by atoms with Crippen molar-refractivity contribution in [3.8, 4) is 0 Å². The summed E-state index contributed by atoms with van der Waals surface area (Å²) in [4.78, 5) is 26.3. The molecule has 1 rings (SSSR count). The van der Waals surface area contributed by atoms with E-state index in [0.717, 1.165) is 4.90 Å². The Kier molecular flexibility index (Phi) is 2.96. The quantitative estimate of drug-likeness (QED) is 0.772. The minimum atomic E-state index is -0.382. The van der Waals surface area contributed by atoms with Gasteiger partial charge in [0.15, 0.2) is 0 Å². The van der Waals surface area contributed by atoms with Crippen molar-refractivity contribution in [3.05, 3.63) is 22.5 Å². The standard InChI is InChI=1S/C9H11ClN2O2/c1-5-7(10)4-8(11-5)9(14)12(3)6(2)13/h4,11H,1-3H3. The smallest absolute Gasteiger partial charge is 0.276 e. The van der Waals surface area contributed by atoms with Crippen molar-refractivity contribution < 1.29 is 9.59 Å². The number of aromatic amines is 1. The fraction of sp³-hybridized carbons (Fsp3) is 0.333. The maximum absolute atomic E-state index is 11.6. The summed E-state index contributed by atoms with van der Waals surface area (Å²) in [5.74, 6) is -0.689. The number of nitrogens with one attached hydrogen (secondary N) is 1. The molecule has 5 heteroatoms. The van der Waals surface area contributed by atoms with Gasteiger partial charge in [-0.1, -0.05) is 11.6 Å². The average molecular weight is 215 g/mol. The Morgan fingerprint density at radius 3 is 2.43 bits per heavy atom. The number of halogens is 1. The Hall–Kier alpha value is -1.29. The highest BCUT2D eigenvalue weighted by Gasteiger charge is 2.17. The molecule has 0 spiro atoms. The molecule has 0 saturated heterocycles. The van der Waals surface area contributed by atoms with Crippen LogP contribution in [0, 0.1) is 6.92 Å². The molecule has 1 N–H and O–H groups in total. The van der Waals surface area contributed by atoms with Crippen molar-refractivity contribution in [1.82, 2.24) is 9.88 Å². The molecule has 0 aliphatic heterocycles. The molecule has 14 heavy (non-hydrogen) atoms. The van der Waals surface area contributed by atoms with E-state index in [1.807, 2.05) is 0 Å². The van der Waals surface area contributed by atoms with Gasteiger partial charge >= 0.3 is 0 Å². The third-order valence-corrected chi connectivity index (χ3v) is 2.35. The van der Waals surface area contributed by atoms with Crippen molar-refractivity contribution in [3.63, 3.8) is 0 Å². The van der Waals surface area contributed by atoms with Crippen LogP contribution >= 0.6 is 11.6 Å². The van der Waals surface area contributed by atoms with E-state index in [0.29, 0.717) is 16.4 Å². The molecule has 0 saturated carbocycles. The molecule has 1 aromatic rings. The number of rotatable bonds is 1. The monoisotopic (exact) mass is 214 g/mol. The zero-order valence-electron chi connectivity index (χ0n) is 8.22. The first-order valence-corrected chi connectivity index (χ1v) is 4.45. The van der Waals surface area contributed by atoms with Gasteiger partial charge in [0.05, 0.1) is 5.02 Å². The zero-order chi connectivity index (χ0) is 10.9. The predicted molar refractivity (Wildman–Crippen MR) is 53.3 cm³/mol. The van der Waals surface area contributed by atoms with Crippen LogP contribution in [0.5, 0.6) is 0 Å². The summed E-state index contributed by atoms with van der Waals surface area (Å²) >= 11 is 5.77. The van der Waals surface area contributed by atoms with Gasteiger partial charge < -0.3 is 4.98 Å². The van der Waals surface area contributed by atoms with Crippen molar-refractivity contribution in [1.29, 1.82) is 0 Å². The summed E-state index contributed by atoms with van der Waals surface area (Å²) in [6.07, 6.45) is 0. The van der Waals surface area contributed by atoms with Gasteiger partial charge in [0.1, 0.15) is 5.69 Å². The molecule has 0 radical (unpaired) electrons. The lowest BCUT2D eigenvalue weighted by atomic mass is 10.3. The highest BCUT2D eigenvalue weighted by atomic mass is 35.5. The van der Waals surface area contributed by atoms with Gasteiger partial charge in [-0.2, -0.15) is 0 Å². The Labute approximate surface area is 86.9 Å². The van der Waals surface area contributed by atoms with E-state index >= 15 is 0 Å². The van der Waals surface area contributed by atoms with Crippen LogP contribution in [0.3, 0.4) is 0 Å². The first-order chi connectivity index (χ1) is 6.43. The van der Waals surface area contributed by atoms with Gasteiger partial charge in [-0.05, 0) is 13.0 Å². The summed E-state index contributed by atoms with van der Waals surface area (Å²) in [7, 11) is 1.43. The highest BCUT2D eigenvalue weighted by Crippen LogP contribution is 2.16. The maximum Gasteiger partial charge on any atom is 0.276 e.